The van der Waals surface area contributed by atoms with Crippen LogP contribution in [0.3, 0.4) is 0 Å². The second kappa shape index (κ2) is 3.46. The molecular weight excluding hydrogens is 188 g/mol. The minimum Gasteiger partial charge on any atom is -0.307 e. The first-order chi connectivity index (χ1) is 7.09. The van der Waals surface area contributed by atoms with Gasteiger partial charge in [0.25, 0.3) is 0 Å². The lowest BCUT2D eigenvalue weighted by molar-refractivity contribution is 0.399. The molecule has 2 aromatic heterocycles. The summed E-state index contributed by atoms with van der Waals surface area (Å²) in [6.07, 6.45) is 3.50. The zero-order chi connectivity index (χ0) is 10.9. The third-order valence-electron chi connectivity index (χ3n) is 2.16. The Kier molecular flexibility index (Phi) is 2.26. The molecule has 0 saturated carbocycles. The highest BCUT2D eigenvalue weighted by Gasteiger charge is 2.18. The molecule has 0 aromatic carbocycles. The molecule has 0 amide bonds. The molecule has 15 heavy (non-hydrogen) atoms. The van der Waals surface area contributed by atoms with Crippen LogP contribution < -0.4 is 0 Å². The topological polar surface area (TPSA) is 43.6 Å². The van der Waals surface area contributed by atoms with Crippen molar-refractivity contribution >= 4 is 0 Å². The standard InChI is InChI=1S/C11H14N4/c1-11(2,3)15-8-13-14-10(15)9-6-4-5-7-12-9/h4-8H,1-3H3. The summed E-state index contributed by atoms with van der Waals surface area (Å²) >= 11 is 0. The first-order valence-corrected chi connectivity index (χ1v) is 4.91. The van der Waals surface area contributed by atoms with E-state index in [0.717, 1.165) is 11.5 Å². The molecular formula is C11H14N4. The van der Waals surface area contributed by atoms with E-state index in [1.54, 1.807) is 12.5 Å². The third kappa shape index (κ3) is 1.88. The molecule has 0 radical (unpaired) electrons. The molecule has 78 valence electrons. The Morgan fingerprint density at radius 1 is 1.20 bits per heavy atom. The van der Waals surface area contributed by atoms with Crippen molar-refractivity contribution in [3.05, 3.63) is 30.7 Å². The molecule has 0 aliphatic carbocycles. The monoisotopic (exact) mass is 202 g/mol. The van der Waals surface area contributed by atoms with E-state index in [-0.39, 0.29) is 5.54 Å². The third-order valence-corrected chi connectivity index (χ3v) is 2.16. The van der Waals surface area contributed by atoms with E-state index in [0.29, 0.717) is 0 Å². The fourth-order valence-electron chi connectivity index (χ4n) is 1.40. The van der Waals surface area contributed by atoms with Crippen molar-refractivity contribution in [1.82, 2.24) is 19.7 Å². The highest BCUT2D eigenvalue weighted by Crippen LogP contribution is 2.21. The molecule has 0 spiro atoms. The van der Waals surface area contributed by atoms with Gasteiger partial charge in [0.1, 0.15) is 12.0 Å². The van der Waals surface area contributed by atoms with E-state index in [4.69, 9.17) is 0 Å². The van der Waals surface area contributed by atoms with Crippen LogP contribution in [0.2, 0.25) is 0 Å². The molecule has 0 saturated heterocycles. The molecule has 0 aliphatic heterocycles. The predicted molar refractivity (Wildman–Crippen MR) is 58.2 cm³/mol. The van der Waals surface area contributed by atoms with Crippen LogP contribution >= 0.6 is 0 Å². The fourth-order valence-corrected chi connectivity index (χ4v) is 1.40. The van der Waals surface area contributed by atoms with Gasteiger partial charge in [-0.25, -0.2) is 0 Å². The lowest BCUT2D eigenvalue weighted by Crippen LogP contribution is -2.22. The Hall–Kier alpha value is -1.71. The lowest BCUT2D eigenvalue weighted by atomic mass is 10.1. The zero-order valence-electron chi connectivity index (χ0n) is 9.18. The van der Waals surface area contributed by atoms with Crippen molar-refractivity contribution in [2.45, 2.75) is 26.3 Å². The highest BCUT2D eigenvalue weighted by atomic mass is 15.3. The summed E-state index contributed by atoms with van der Waals surface area (Å²) in [5.74, 6) is 0.808. The minimum atomic E-state index is -0.0314. The van der Waals surface area contributed by atoms with Crippen molar-refractivity contribution in [3.63, 3.8) is 0 Å². The molecule has 0 N–H and O–H groups in total. The van der Waals surface area contributed by atoms with Crippen molar-refractivity contribution in [3.8, 4) is 11.5 Å². The van der Waals surface area contributed by atoms with Crippen molar-refractivity contribution in [2.75, 3.05) is 0 Å². The van der Waals surface area contributed by atoms with E-state index in [9.17, 15) is 0 Å². The summed E-state index contributed by atoms with van der Waals surface area (Å²) in [6.45, 7) is 6.34. The van der Waals surface area contributed by atoms with Crippen molar-refractivity contribution in [1.29, 1.82) is 0 Å². The van der Waals surface area contributed by atoms with Gasteiger partial charge in [-0.3, -0.25) is 4.98 Å². The molecule has 0 atom stereocenters. The van der Waals surface area contributed by atoms with E-state index in [1.807, 2.05) is 22.8 Å². The van der Waals surface area contributed by atoms with Crippen molar-refractivity contribution in [2.24, 2.45) is 0 Å². The Morgan fingerprint density at radius 3 is 2.60 bits per heavy atom. The highest BCUT2D eigenvalue weighted by molar-refractivity contribution is 5.48. The fraction of sp³-hybridized carbons (Fsp3) is 0.364. The number of aromatic nitrogens is 4. The molecule has 4 heteroatoms. The number of hydrogen-bond donors (Lipinski definition) is 0. The summed E-state index contributed by atoms with van der Waals surface area (Å²) in [7, 11) is 0. The predicted octanol–water partition coefficient (Wildman–Crippen LogP) is 2.10. The average Bonchev–Trinajstić information content (AvgIpc) is 2.67. The molecule has 0 unspecified atom stereocenters. The molecule has 2 rings (SSSR count). The van der Waals surface area contributed by atoms with Crippen LogP contribution in [-0.2, 0) is 5.54 Å². The van der Waals surface area contributed by atoms with Gasteiger partial charge in [0.2, 0.25) is 0 Å². The minimum absolute atomic E-state index is 0.0314. The maximum atomic E-state index is 4.27. The number of rotatable bonds is 1. The molecule has 2 aromatic rings. The molecule has 0 aliphatic rings. The van der Waals surface area contributed by atoms with Crippen LogP contribution in [0.5, 0.6) is 0 Å². The van der Waals surface area contributed by atoms with E-state index in [1.165, 1.54) is 0 Å². The Balaban J connectivity index is 2.51. The smallest absolute Gasteiger partial charge is 0.182 e. The number of nitrogens with zero attached hydrogens (tertiary/aromatic N) is 4. The lowest BCUT2D eigenvalue weighted by Gasteiger charge is -2.21. The van der Waals surface area contributed by atoms with E-state index < -0.39 is 0 Å². The van der Waals surface area contributed by atoms with E-state index >= 15 is 0 Å². The van der Waals surface area contributed by atoms with Gasteiger partial charge in [-0.1, -0.05) is 6.07 Å². The van der Waals surface area contributed by atoms with Gasteiger partial charge >= 0.3 is 0 Å². The summed E-state index contributed by atoms with van der Waals surface area (Å²) < 4.78 is 2.02. The van der Waals surface area contributed by atoms with Gasteiger partial charge in [0.15, 0.2) is 5.82 Å². The summed E-state index contributed by atoms with van der Waals surface area (Å²) in [5.41, 5.74) is 0.820. The largest absolute Gasteiger partial charge is 0.307 e. The molecule has 0 bridgehead atoms. The molecule has 0 fully saturated rings. The van der Waals surface area contributed by atoms with Crippen molar-refractivity contribution < 1.29 is 0 Å². The first kappa shape index (κ1) is 9.83. The van der Waals surface area contributed by atoms with Gasteiger partial charge in [0.05, 0.1) is 0 Å². The maximum absolute atomic E-state index is 4.27. The van der Waals surface area contributed by atoms with Gasteiger partial charge in [0, 0.05) is 11.7 Å². The normalized spacial score (nSPS) is 11.7. The van der Waals surface area contributed by atoms with Crippen LogP contribution in [-0.4, -0.2) is 19.7 Å². The number of pyridine rings is 1. The Bertz CT molecular complexity index is 439. The van der Waals surface area contributed by atoms with Crippen LogP contribution in [0.4, 0.5) is 0 Å². The Morgan fingerprint density at radius 2 is 2.00 bits per heavy atom. The van der Waals surface area contributed by atoms with Gasteiger partial charge in [-0.05, 0) is 32.9 Å². The van der Waals surface area contributed by atoms with Gasteiger partial charge in [-0.15, -0.1) is 10.2 Å². The summed E-state index contributed by atoms with van der Waals surface area (Å²) in [5, 5.41) is 8.04. The SMILES string of the molecule is CC(C)(C)n1cnnc1-c1ccccn1. The average molecular weight is 202 g/mol. The van der Waals surface area contributed by atoms with Crippen LogP contribution in [0.1, 0.15) is 20.8 Å². The van der Waals surface area contributed by atoms with Gasteiger partial charge < -0.3 is 4.57 Å². The molecule has 4 nitrogen and oxygen atoms in total. The second-order valence-corrected chi connectivity index (χ2v) is 4.41. The van der Waals surface area contributed by atoms with Crippen LogP contribution in [0.25, 0.3) is 11.5 Å². The quantitative estimate of drug-likeness (QED) is 0.711. The van der Waals surface area contributed by atoms with Crippen LogP contribution in [0, 0.1) is 0 Å². The summed E-state index contributed by atoms with van der Waals surface area (Å²) in [6, 6.07) is 5.78. The maximum Gasteiger partial charge on any atom is 0.182 e. The zero-order valence-corrected chi connectivity index (χ0v) is 9.18. The second-order valence-electron chi connectivity index (χ2n) is 4.41. The van der Waals surface area contributed by atoms with Gasteiger partial charge in [-0.2, -0.15) is 0 Å². The first-order valence-electron chi connectivity index (χ1n) is 4.91. The summed E-state index contributed by atoms with van der Waals surface area (Å²) in [4.78, 5) is 4.27. The molecule has 2 heterocycles. The Labute approximate surface area is 89.0 Å². The number of hydrogen-bond acceptors (Lipinski definition) is 3. The van der Waals surface area contributed by atoms with Crippen LogP contribution in [0.15, 0.2) is 30.7 Å². The van der Waals surface area contributed by atoms with E-state index in [2.05, 4.69) is 36.0 Å².